The molecule has 0 saturated carbocycles. The minimum atomic E-state index is -0.214. The molecule has 0 fully saturated rings. The standard InChI is InChI=1S/C17H20N4O2/c1-11-4-5-14(8-12(11)2)18-15(22)10-20-16-9-13(3)19-21(16)7-6-17(20)23/h4-5,8-9H,6-7,10H2,1-3H3,(H,18,22). The Balaban J connectivity index is 1.74. The first-order valence-corrected chi connectivity index (χ1v) is 7.66. The van der Waals surface area contributed by atoms with Crippen LogP contribution in [0.25, 0.3) is 0 Å². The van der Waals surface area contributed by atoms with E-state index >= 15 is 0 Å². The highest BCUT2D eigenvalue weighted by Gasteiger charge is 2.27. The van der Waals surface area contributed by atoms with E-state index in [-0.39, 0.29) is 18.4 Å². The van der Waals surface area contributed by atoms with Crippen molar-refractivity contribution in [3.8, 4) is 0 Å². The lowest BCUT2D eigenvalue weighted by Gasteiger charge is -2.26. The second-order valence-corrected chi connectivity index (χ2v) is 5.94. The maximum Gasteiger partial charge on any atom is 0.244 e. The summed E-state index contributed by atoms with van der Waals surface area (Å²) in [5, 5.41) is 7.19. The number of hydrogen-bond acceptors (Lipinski definition) is 3. The van der Waals surface area contributed by atoms with E-state index in [9.17, 15) is 9.59 Å². The second-order valence-electron chi connectivity index (χ2n) is 5.94. The van der Waals surface area contributed by atoms with Crippen LogP contribution in [0.4, 0.5) is 11.5 Å². The fourth-order valence-electron chi connectivity index (χ4n) is 2.71. The highest BCUT2D eigenvalue weighted by Crippen LogP contribution is 2.22. The summed E-state index contributed by atoms with van der Waals surface area (Å²) >= 11 is 0. The van der Waals surface area contributed by atoms with E-state index in [1.807, 2.05) is 45.0 Å². The number of fused-ring (bicyclic) bond motifs is 1. The Labute approximate surface area is 135 Å². The number of rotatable bonds is 3. The largest absolute Gasteiger partial charge is 0.325 e. The van der Waals surface area contributed by atoms with Crippen molar-refractivity contribution in [2.75, 3.05) is 16.8 Å². The Morgan fingerprint density at radius 3 is 2.74 bits per heavy atom. The monoisotopic (exact) mass is 312 g/mol. The molecule has 0 atom stereocenters. The van der Waals surface area contributed by atoms with E-state index in [4.69, 9.17) is 0 Å². The molecule has 0 unspecified atom stereocenters. The minimum absolute atomic E-state index is 0.00308. The molecule has 23 heavy (non-hydrogen) atoms. The zero-order chi connectivity index (χ0) is 16.6. The van der Waals surface area contributed by atoms with Gasteiger partial charge in [0.1, 0.15) is 12.4 Å². The molecule has 120 valence electrons. The molecule has 6 heteroatoms. The van der Waals surface area contributed by atoms with Crippen molar-refractivity contribution in [1.29, 1.82) is 0 Å². The van der Waals surface area contributed by atoms with Crippen molar-refractivity contribution in [3.63, 3.8) is 0 Å². The van der Waals surface area contributed by atoms with Crippen LogP contribution in [0.2, 0.25) is 0 Å². The first-order valence-electron chi connectivity index (χ1n) is 7.66. The Bertz CT molecular complexity index is 779. The van der Waals surface area contributed by atoms with Gasteiger partial charge in [-0.2, -0.15) is 5.10 Å². The molecule has 6 nitrogen and oxygen atoms in total. The molecule has 1 aromatic heterocycles. The summed E-state index contributed by atoms with van der Waals surface area (Å²) in [7, 11) is 0. The number of carbonyl (C=O) groups is 2. The number of anilines is 2. The van der Waals surface area contributed by atoms with Gasteiger partial charge in [0.25, 0.3) is 0 Å². The van der Waals surface area contributed by atoms with Crippen LogP contribution < -0.4 is 10.2 Å². The predicted molar refractivity (Wildman–Crippen MR) is 88.5 cm³/mol. The third kappa shape index (κ3) is 3.11. The molecule has 1 aliphatic heterocycles. The molecule has 3 rings (SSSR count). The average Bonchev–Trinajstić information content (AvgIpc) is 2.87. The van der Waals surface area contributed by atoms with Crippen molar-refractivity contribution >= 4 is 23.3 Å². The number of amides is 2. The quantitative estimate of drug-likeness (QED) is 0.944. The summed E-state index contributed by atoms with van der Waals surface area (Å²) in [6, 6.07) is 7.60. The zero-order valence-electron chi connectivity index (χ0n) is 13.6. The molecule has 0 radical (unpaired) electrons. The van der Waals surface area contributed by atoms with Gasteiger partial charge >= 0.3 is 0 Å². The maximum atomic E-state index is 12.3. The Morgan fingerprint density at radius 1 is 1.22 bits per heavy atom. The molecule has 1 aromatic carbocycles. The van der Waals surface area contributed by atoms with Crippen LogP contribution >= 0.6 is 0 Å². The summed E-state index contributed by atoms with van der Waals surface area (Å²) in [6.07, 6.45) is 0.366. The molecule has 2 aromatic rings. The van der Waals surface area contributed by atoms with E-state index in [0.29, 0.717) is 18.8 Å². The van der Waals surface area contributed by atoms with Crippen LogP contribution in [0.15, 0.2) is 24.3 Å². The van der Waals surface area contributed by atoms with E-state index in [0.717, 1.165) is 16.9 Å². The normalized spacial score (nSPS) is 13.9. The summed E-state index contributed by atoms with van der Waals surface area (Å²) in [6.45, 7) is 6.47. The highest BCUT2D eigenvalue weighted by atomic mass is 16.2. The van der Waals surface area contributed by atoms with Crippen LogP contribution in [0.5, 0.6) is 0 Å². The summed E-state index contributed by atoms with van der Waals surface area (Å²) < 4.78 is 1.78. The van der Waals surface area contributed by atoms with Gasteiger partial charge in [-0.15, -0.1) is 0 Å². The Morgan fingerprint density at radius 2 is 2.00 bits per heavy atom. The lowest BCUT2D eigenvalue weighted by Crippen LogP contribution is -2.42. The van der Waals surface area contributed by atoms with Gasteiger partial charge in [0.15, 0.2) is 0 Å². The first-order chi connectivity index (χ1) is 10.9. The van der Waals surface area contributed by atoms with Gasteiger partial charge < -0.3 is 5.32 Å². The van der Waals surface area contributed by atoms with Crippen molar-refractivity contribution < 1.29 is 9.59 Å². The average molecular weight is 312 g/mol. The van der Waals surface area contributed by atoms with E-state index in [1.54, 1.807) is 4.68 Å². The van der Waals surface area contributed by atoms with Crippen LogP contribution in [0, 0.1) is 20.8 Å². The molecule has 0 aliphatic carbocycles. The summed E-state index contributed by atoms with van der Waals surface area (Å²) in [5.41, 5.74) is 3.88. The first kappa shape index (κ1) is 15.3. The molecule has 0 saturated heterocycles. The third-order valence-corrected chi connectivity index (χ3v) is 4.09. The topological polar surface area (TPSA) is 67.2 Å². The number of nitrogens with zero attached hydrogens (tertiary/aromatic N) is 3. The van der Waals surface area contributed by atoms with Gasteiger partial charge in [0, 0.05) is 18.2 Å². The number of carbonyl (C=O) groups excluding carboxylic acids is 2. The number of benzene rings is 1. The number of aryl methyl sites for hydroxylation is 4. The molecule has 2 amide bonds. The van der Waals surface area contributed by atoms with Crippen molar-refractivity contribution in [1.82, 2.24) is 9.78 Å². The SMILES string of the molecule is Cc1cc2n(n1)CCC(=O)N2CC(=O)Nc1ccc(C)c(C)c1. The van der Waals surface area contributed by atoms with Crippen molar-refractivity contribution in [3.05, 3.63) is 41.1 Å². The molecule has 2 heterocycles. The van der Waals surface area contributed by atoms with Crippen molar-refractivity contribution in [2.45, 2.75) is 33.7 Å². The molecule has 1 N–H and O–H groups in total. The lowest BCUT2D eigenvalue weighted by atomic mass is 10.1. The fraction of sp³-hybridized carbons (Fsp3) is 0.353. The van der Waals surface area contributed by atoms with Crippen LogP contribution in [-0.2, 0) is 16.1 Å². The summed E-state index contributed by atoms with van der Waals surface area (Å²) in [4.78, 5) is 26.0. The van der Waals surface area contributed by atoms with Gasteiger partial charge in [-0.25, -0.2) is 4.68 Å². The van der Waals surface area contributed by atoms with E-state index in [1.165, 1.54) is 10.5 Å². The van der Waals surface area contributed by atoms with Crippen molar-refractivity contribution in [2.24, 2.45) is 0 Å². The fourth-order valence-corrected chi connectivity index (χ4v) is 2.71. The lowest BCUT2D eigenvalue weighted by molar-refractivity contribution is -0.122. The predicted octanol–water partition coefficient (Wildman–Crippen LogP) is 2.18. The molecule has 0 bridgehead atoms. The smallest absolute Gasteiger partial charge is 0.244 e. The molecule has 0 spiro atoms. The van der Waals surface area contributed by atoms with Gasteiger partial charge in [-0.3, -0.25) is 14.5 Å². The maximum absolute atomic E-state index is 12.3. The number of aromatic nitrogens is 2. The van der Waals surface area contributed by atoms with E-state index in [2.05, 4.69) is 10.4 Å². The van der Waals surface area contributed by atoms with E-state index < -0.39 is 0 Å². The van der Waals surface area contributed by atoms with Gasteiger partial charge in [-0.1, -0.05) is 6.07 Å². The van der Waals surface area contributed by atoms with Crippen LogP contribution in [-0.4, -0.2) is 28.1 Å². The number of nitrogens with one attached hydrogen (secondary N) is 1. The Hall–Kier alpha value is -2.63. The molecular weight excluding hydrogens is 292 g/mol. The van der Waals surface area contributed by atoms with Gasteiger partial charge in [0.05, 0.1) is 12.2 Å². The minimum Gasteiger partial charge on any atom is -0.325 e. The highest BCUT2D eigenvalue weighted by molar-refractivity contribution is 6.02. The van der Waals surface area contributed by atoms with Gasteiger partial charge in [0.2, 0.25) is 11.8 Å². The zero-order valence-corrected chi connectivity index (χ0v) is 13.6. The summed E-state index contributed by atoms with van der Waals surface area (Å²) in [5.74, 6) is 0.426. The molecule has 1 aliphatic rings. The number of hydrogen-bond donors (Lipinski definition) is 1. The second kappa shape index (κ2) is 5.87. The van der Waals surface area contributed by atoms with Gasteiger partial charge in [-0.05, 0) is 44.0 Å². The third-order valence-electron chi connectivity index (χ3n) is 4.09. The molecular formula is C17H20N4O2. The van der Waals surface area contributed by atoms with Crippen LogP contribution in [0.1, 0.15) is 23.2 Å². The Kier molecular flexibility index (Phi) is 3.90. The van der Waals surface area contributed by atoms with Crippen LogP contribution in [0.3, 0.4) is 0 Å².